The molecule has 1 aliphatic heterocycles. The number of phenolic OH excluding ortho intramolecular Hbond substituents is 1. The van der Waals surface area contributed by atoms with E-state index in [0.717, 1.165) is 28.5 Å². The number of fused-ring (bicyclic) bond motifs is 1. The summed E-state index contributed by atoms with van der Waals surface area (Å²) in [5.74, 6) is 5.90. The first-order valence-corrected chi connectivity index (χ1v) is 12.1. The van der Waals surface area contributed by atoms with Gasteiger partial charge in [-0.3, -0.25) is 9.59 Å². The van der Waals surface area contributed by atoms with Crippen molar-refractivity contribution in [2.75, 3.05) is 33.7 Å². The molecule has 4 rings (SSSR count). The normalized spacial score (nSPS) is 13.7. The van der Waals surface area contributed by atoms with Crippen LogP contribution in [0.2, 0.25) is 0 Å². The first kappa shape index (κ1) is 25.8. The fourth-order valence-corrected chi connectivity index (χ4v) is 4.47. The van der Waals surface area contributed by atoms with Crippen molar-refractivity contribution in [1.29, 1.82) is 0 Å². The standard InChI is InChI=1S/C28H33N5O4/c1-18-6-7-22(24(34)13-18)23-15-20(14-21-16-25(37-27(21)23)28(36)31(2)3)19-5-4-10-32(17-19)26(35)8-11-33(30)12-9-29/h5-7,9,12-16,34H,4,8,10-11,17,29-30H2,1-3H3/b12-9-. The van der Waals surface area contributed by atoms with Crippen LogP contribution in [0.4, 0.5) is 0 Å². The quantitative estimate of drug-likeness (QED) is 0.333. The van der Waals surface area contributed by atoms with Gasteiger partial charge in [-0.2, -0.15) is 0 Å². The molecule has 0 saturated carbocycles. The van der Waals surface area contributed by atoms with Crippen molar-refractivity contribution in [3.63, 3.8) is 0 Å². The number of carbonyl (C=O) groups is 2. The molecule has 3 aromatic rings. The van der Waals surface area contributed by atoms with Crippen molar-refractivity contribution in [3.8, 4) is 16.9 Å². The number of hydrazine groups is 1. The molecule has 1 aliphatic rings. The third-order valence-corrected chi connectivity index (χ3v) is 6.41. The first-order chi connectivity index (χ1) is 17.7. The molecule has 2 amide bonds. The van der Waals surface area contributed by atoms with Crippen LogP contribution in [-0.2, 0) is 4.79 Å². The summed E-state index contributed by atoms with van der Waals surface area (Å²) in [6.07, 6.45) is 5.97. The monoisotopic (exact) mass is 503 g/mol. The minimum absolute atomic E-state index is 0.00568. The maximum atomic E-state index is 12.9. The summed E-state index contributed by atoms with van der Waals surface area (Å²) in [5.41, 5.74) is 9.98. The van der Waals surface area contributed by atoms with E-state index in [1.54, 1.807) is 26.2 Å². The number of aryl methyl sites for hydroxylation is 1. The van der Waals surface area contributed by atoms with Crippen LogP contribution in [0.15, 0.2) is 59.3 Å². The summed E-state index contributed by atoms with van der Waals surface area (Å²) in [6.45, 7) is 3.34. The Labute approximate surface area is 216 Å². The number of rotatable bonds is 7. The van der Waals surface area contributed by atoms with Crippen molar-refractivity contribution >= 4 is 28.4 Å². The molecule has 9 nitrogen and oxygen atoms in total. The highest BCUT2D eigenvalue weighted by Crippen LogP contribution is 2.39. The lowest BCUT2D eigenvalue weighted by Gasteiger charge is -2.28. The molecule has 0 saturated heterocycles. The average Bonchev–Trinajstić information content (AvgIpc) is 3.31. The van der Waals surface area contributed by atoms with Gasteiger partial charge in [0.2, 0.25) is 5.91 Å². The molecule has 194 valence electrons. The number of nitrogens with two attached hydrogens (primary N) is 2. The third kappa shape index (κ3) is 5.62. The molecule has 2 aromatic carbocycles. The zero-order valence-electron chi connectivity index (χ0n) is 21.4. The summed E-state index contributed by atoms with van der Waals surface area (Å²) in [5, 5.41) is 12.9. The summed E-state index contributed by atoms with van der Waals surface area (Å²) < 4.78 is 6.02. The van der Waals surface area contributed by atoms with Gasteiger partial charge >= 0.3 is 0 Å². The van der Waals surface area contributed by atoms with Crippen molar-refractivity contribution in [2.24, 2.45) is 11.6 Å². The van der Waals surface area contributed by atoms with Gasteiger partial charge in [0.05, 0.1) is 0 Å². The molecule has 0 radical (unpaired) electrons. The van der Waals surface area contributed by atoms with E-state index < -0.39 is 0 Å². The number of hydrogen-bond donors (Lipinski definition) is 3. The van der Waals surface area contributed by atoms with Gasteiger partial charge in [0.25, 0.3) is 5.91 Å². The van der Waals surface area contributed by atoms with Gasteiger partial charge < -0.3 is 30.1 Å². The predicted octanol–water partition coefficient (Wildman–Crippen LogP) is 3.43. The molecule has 0 fully saturated rings. The van der Waals surface area contributed by atoms with E-state index in [4.69, 9.17) is 16.0 Å². The molecular formula is C28H33N5O4. The number of hydrogen-bond acceptors (Lipinski definition) is 7. The molecule has 0 spiro atoms. The fourth-order valence-electron chi connectivity index (χ4n) is 4.47. The van der Waals surface area contributed by atoms with Crippen LogP contribution in [0, 0.1) is 6.92 Å². The number of aromatic hydroxyl groups is 1. The van der Waals surface area contributed by atoms with Crippen LogP contribution in [-0.4, -0.2) is 65.5 Å². The van der Waals surface area contributed by atoms with Gasteiger partial charge in [-0.15, -0.1) is 0 Å². The summed E-state index contributed by atoms with van der Waals surface area (Å²) in [4.78, 5) is 28.8. The molecule has 5 N–H and O–H groups in total. The Morgan fingerprint density at radius 2 is 1.95 bits per heavy atom. The second-order valence-corrected chi connectivity index (χ2v) is 9.44. The van der Waals surface area contributed by atoms with Crippen molar-refractivity contribution in [3.05, 3.63) is 71.8 Å². The van der Waals surface area contributed by atoms with Crippen molar-refractivity contribution in [2.45, 2.75) is 19.8 Å². The second kappa shape index (κ2) is 10.8. The van der Waals surface area contributed by atoms with Gasteiger partial charge in [-0.25, -0.2) is 5.84 Å². The molecule has 9 heteroatoms. The minimum atomic E-state index is -0.246. The molecule has 37 heavy (non-hydrogen) atoms. The summed E-state index contributed by atoms with van der Waals surface area (Å²) in [7, 11) is 3.34. The lowest BCUT2D eigenvalue weighted by atomic mass is 9.94. The van der Waals surface area contributed by atoms with Crippen LogP contribution in [0.5, 0.6) is 5.75 Å². The van der Waals surface area contributed by atoms with Crippen LogP contribution >= 0.6 is 0 Å². The first-order valence-electron chi connectivity index (χ1n) is 12.1. The maximum absolute atomic E-state index is 12.9. The molecule has 1 aromatic heterocycles. The van der Waals surface area contributed by atoms with E-state index in [1.807, 2.05) is 36.1 Å². The van der Waals surface area contributed by atoms with Gasteiger partial charge in [0, 0.05) is 69.1 Å². The molecule has 0 atom stereocenters. The Kier molecular flexibility index (Phi) is 7.54. The Balaban J connectivity index is 1.71. The zero-order chi connectivity index (χ0) is 26.7. The Morgan fingerprint density at radius 1 is 1.16 bits per heavy atom. The average molecular weight is 504 g/mol. The second-order valence-electron chi connectivity index (χ2n) is 9.44. The highest BCUT2D eigenvalue weighted by molar-refractivity contribution is 6.02. The van der Waals surface area contributed by atoms with E-state index >= 15 is 0 Å². The lowest BCUT2D eigenvalue weighted by Crippen LogP contribution is -2.38. The largest absolute Gasteiger partial charge is 0.507 e. The SMILES string of the molecule is Cc1ccc(-c2cc(C3=CCCN(C(=O)CCN(N)/C=C\N)C3)cc3cc(C(=O)N(C)C)oc23)c(O)c1. The number of amides is 2. The van der Waals surface area contributed by atoms with Crippen LogP contribution < -0.4 is 11.6 Å². The van der Waals surface area contributed by atoms with Crippen molar-refractivity contribution in [1.82, 2.24) is 14.8 Å². The van der Waals surface area contributed by atoms with E-state index in [1.165, 1.54) is 22.3 Å². The molecule has 0 bridgehead atoms. The molecule has 2 heterocycles. The Morgan fingerprint density at radius 3 is 2.65 bits per heavy atom. The van der Waals surface area contributed by atoms with Gasteiger partial charge in [0.15, 0.2) is 5.76 Å². The fraction of sp³-hybridized carbons (Fsp3) is 0.286. The van der Waals surface area contributed by atoms with Crippen molar-refractivity contribution < 1.29 is 19.1 Å². The Bertz CT molecular complexity index is 1390. The molecule has 0 aliphatic carbocycles. The third-order valence-electron chi connectivity index (χ3n) is 6.41. The van der Waals surface area contributed by atoms with E-state index in [-0.39, 0.29) is 29.7 Å². The smallest absolute Gasteiger partial charge is 0.289 e. The predicted molar refractivity (Wildman–Crippen MR) is 144 cm³/mol. The van der Waals surface area contributed by atoms with Gasteiger partial charge in [-0.05, 0) is 54.3 Å². The van der Waals surface area contributed by atoms with Crippen LogP contribution in [0.3, 0.4) is 0 Å². The highest BCUT2D eigenvalue weighted by Gasteiger charge is 2.23. The number of furan rings is 1. The topological polar surface area (TPSA) is 129 Å². The number of nitrogens with zero attached hydrogens (tertiary/aromatic N) is 3. The highest BCUT2D eigenvalue weighted by atomic mass is 16.3. The summed E-state index contributed by atoms with van der Waals surface area (Å²) >= 11 is 0. The molecule has 0 unspecified atom stereocenters. The van der Waals surface area contributed by atoms with Gasteiger partial charge in [0.1, 0.15) is 11.3 Å². The zero-order valence-corrected chi connectivity index (χ0v) is 21.4. The van der Waals surface area contributed by atoms with Gasteiger partial charge in [-0.1, -0.05) is 18.2 Å². The number of benzene rings is 2. The number of carbonyl (C=O) groups excluding carboxylic acids is 2. The van der Waals surface area contributed by atoms with Crippen LogP contribution in [0.1, 0.15) is 34.5 Å². The van der Waals surface area contributed by atoms with Crippen LogP contribution in [0.25, 0.3) is 27.7 Å². The summed E-state index contributed by atoms with van der Waals surface area (Å²) in [6, 6.07) is 11.1. The molecular weight excluding hydrogens is 470 g/mol. The van der Waals surface area contributed by atoms with E-state index in [9.17, 15) is 14.7 Å². The minimum Gasteiger partial charge on any atom is -0.507 e. The van der Waals surface area contributed by atoms with E-state index in [2.05, 4.69) is 6.08 Å². The Hall–Kier alpha value is -4.24. The lowest BCUT2D eigenvalue weighted by molar-refractivity contribution is -0.130. The number of phenols is 1. The maximum Gasteiger partial charge on any atom is 0.289 e. The van der Waals surface area contributed by atoms with E-state index in [0.29, 0.717) is 36.3 Å².